The maximum atomic E-state index is 14.2. The van der Waals surface area contributed by atoms with Crippen molar-refractivity contribution in [2.24, 2.45) is 0 Å². The summed E-state index contributed by atoms with van der Waals surface area (Å²) in [4.78, 5) is 10.2. The fourth-order valence-electron chi connectivity index (χ4n) is 4.22. The van der Waals surface area contributed by atoms with E-state index in [1.54, 1.807) is 18.5 Å². The fraction of sp³-hybridized carbons (Fsp3) is 0.200. The molecule has 0 spiro atoms. The van der Waals surface area contributed by atoms with Gasteiger partial charge in [-0.15, -0.1) is 0 Å². The molecule has 0 radical (unpaired) electrons. The number of anilines is 2. The summed E-state index contributed by atoms with van der Waals surface area (Å²) in [5.41, 5.74) is 2.47. The third-order valence-corrected chi connectivity index (χ3v) is 7.40. The number of rotatable bonds is 6. The van der Waals surface area contributed by atoms with Crippen molar-refractivity contribution in [2.45, 2.75) is 4.90 Å². The number of ether oxygens (including phenoxy) is 1. The molecule has 0 bridgehead atoms. The number of fused-ring (bicyclic) bond motifs is 1. The number of pyridine rings is 2. The van der Waals surface area contributed by atoms with Crippen LogP contribution in [0.3, 0.4) is 0 Å². The van der Waals surface area contributed by atoms with E-state index in [1.165, 1.54) is 7.11 Å². The summed E-state index contributed by atoms with van der Waals surface area (Å²) in [5, 5.41) is 5.33. The van der Waals surface area contributed by atoms with E-state index in [0.717, 1.165) is 60.3 Å². The summed E-state index contributed by atoms with van der Waals surface area (Å²) >= 11 is 0. The van der Waals surface area contributed by atoms with Gasteiger partial charge in [0, 0.05) is 61.0 Å². The van der Waals surface area contributed by atoms with Gasteiger partial charge in [-0.25, -0.2) is 22.2 Å². The van der Waals surface area contributed by atoms with E-state index in [-0.39, 0.29) is 11.6 Å². The van der Waals surface area contributed by atoms with Crippen LogP contribution in [0.2, 0.25) is 0 Å². The first-order chi connectivity index (χ1) is 17.4. The van der Waals surface area contributed by atoms with Crippen molar-refractivity contribution < 1.29 is 21.9 Å². The summed E-state index contributed by atoms with van der Waals surface area (Å²) in [7, 11) is -3.03. The lowest BCUT2D eigenvalue weighted by Gasteiger charge is -2.30. The molecule has 2 N–H and O–H groups in total. The highest BCUT2D eigenvalue weighted by Crippen LogP contribution is 2.34. The first-order valence-electron chi connectivity index (χ1n) is 11.2. The molecule has 0 saturated carbocycles. The number of methoxy groups -OCH3 is 1. The molecule has 0 amide bonds. The fourth-order valence-corrected chi connectivity index (χ4v) is 5.33. The minimum absolute atomic E-state index is 0.0105. The van der Waals surface area contributed by atoms with Gasteiger partial charge in [0.05, 0.1) is 19.0 Å². The molecule has 1 aliphatic rings. The standard InChI is InChI=1S/C25H23F2N5O3S/c1-35-25-22(31-36(33,34)24-5-4-19(26)12-21(24)27)11-18(14-30-25)16-2-3-17-13-29-15-23(20(17)10-16)32-8-6-28-7-9-32/h2-5,10-15,28,31H,6-9H2,1H3. The van der Waals surface area contributed by atoms with Crippen LogP contribution in [0.15, 0.2) is 66.0 Å². The van der Waals surface area contributed by atoms with Crippen molar-refractivity contribution >= 4 is 32.2 Å². The third kappa shape index (κ3) is 4.67. The van der Waals surface area contributed by atoms with Gasteiger partial charge in [-0.05, 0) is 29.8 Å². The van der Waals surface area contributed by atoms with Crippen molar-refractivity contribution in [3.8, 4) is 17.0 Å². The summed E-state index contributed by atoms with van der Waals surface area (Å²) < 4.78 is 60.8. The van der Waals surface area contributed by atoms with Gasteiger partial charge in [-0.2, -0.15) is 0 Å². The van der Waals surface area contributed by atoms with Crippen molar-refractivity contribution in [3.63, 3.8) is 0 Å². The Morgan fingerprint density at radius 1 is 1.00 bits per heavy atom. The number of nitrogens with zero attached hydrogens (tertiary/aromatic N) is 3. The van der Waals surface area contributed by atoms with Gasteiger partial charge in [0.2, 0.25) is 5.88 Å². The highest BCUT2D eigenvalue weighted by molar-refractivity contribution is 7.92. The first kappa shape index (κ1) is 23.9. The quantitative estimate of drug-likeness (QED) is 0.407. The van der Waals surface area contributed by atoms with Crippen LogP contribution in [-0.4, -0.2) is 51.7 Å². The average molecular weight is 512 g/mol. The van der Waals surface area contributed by atoms with E-state index in [9.17, 15) is 17.2 Å². The number of hydrogen-bond acceptors (Lipinski definition) is 7. The average Bonchev–Trinajstić information content (AvgIpc) is 2.88. The van der Waals surface area contributed by atoms with Gasteiger partial charge in [0.15, 0.2) is 0 Å². The normalized spacial score (nSPS) is 14.1. The van der Waals surface area contributed by atoms with Crippen molar-refractivity contribution in [3.05, 3.63) is 72.7 Å². The molecule has 4 aromatic rings. The summed E-state index contributed by atoms with van der Waals surface area (Å²) in [6.45, 7) is 3.50. The van der Waals surface area contributed by atoms with Crippen LogP contribution in [0.25, 0.3) is 21.9 Å². The molecule has 1 aliphatic heterocycles. The number of hydrogen-bond donors (Lipinski definition) is 2. The second-order valence-corrected chi connectivity index (χ2v) is 9.94. The molecule has 5 rings (SSSR count). The Kier molecular flexibility index (Phi) is 6.42. The molecule has 1 saturated heterocycles. The lowest BCUT2D eigenvalue weighted by Crippen LogP contribution is -2.43. The van der Waals surface area contributed by atoms with Crippen LogP contribution in [0.4, 0.5) is 20.2 Å². The molecule has 2 aromatic heterocycles. The third-order valence-electron chi connectivity index (χ3n) is 6.00. The predicted molar refractivity (Wildman–Crippen MR) is 134 cm³/mol. The van der Waals surface area contributed by atoms with E-state index in [4.69, 9.17) is 4.74 Å². The molecule has 186 valence electrons. The zero-order valence-corrected chi connectivity index (χ0v) is 20.1. The molecular weight excluding hydrogens is 488 g/mol. The maximum absolute atomic E-state index is 14.2. The summed E-state index contributed by atoms with van der Waals surface area (Å²) in [6, 6.07) is 9.68. The summed E-state index contributed by atoms with van der Waals surface area (Å²) in [5.74, 6) is -2.06. The minimum Gasteiger partial charge on any atom is -0.480 e. The van der Waals surface area contributed by atoms with Crippen LogP contribution >= 0.6 is 0 Å². The van der Waals surface area contributed by atoms with Crippen LogP contribution in [0.5, 0.6) is 5.88 Å². The van der Waals surface area contributed by atoms with Crippen molar-refractivity contribution in [2.75, 3.05) is 42.9 Å². The zero-order chi connectivity index (χ0) is 25.3. The Bertz CT molecular complexity index is 1540. The van der Waals surface area contributed by atoms with Gasteiger partial charge in [0.25, 0.3) is 10.0 Å². The van der Waals surface area contributed by atoms with Crippen molar-refractivity contribution in [1.29, 1.82) is 0 Å². The van der Waals surface area contributed by atoms with E-state index in [1.807, 2.05) is 24.4 Å². The topological polar surface area (TPSA) is 96.5 Å². The Morgan fingerprint density at radius 2 is 1.81 bits per heavy atom. The SMILES string of the molecule is COc1ncc(-c2ccc3cncc(N4CCNCC4)c3c2)cc1NS(=O)(=O)c1ccc(F)cc1F. The van der Waals surface area contributed by atoms with Crippen molar-refractivity contribution in [1.82, 2.24) is 15.3 Å². The molecule has 3 heterocycles. The molecule has 2 aromatic carbocycles. The number of sulfonamides is 1. The molecule has 0 unspecified atom stereocenters. The monoisotopic (exact) mass is 511 g/mol. The predicted octanol–water partition coefficient (Wildman–Crippen LogP) is 3.79. The zero-order valence-electron chi connectivity index (χ0n) is 19.3. The molecule has 1 fully saturated rings. The molecule has 11 heteroatoms. The number of aromatic nitrogens is 2. The lowest BCUT2D eigenvalue weighted by molar-refractivity contribution is 0.400. The summed E-state index contributed by atoms with van der Waals surface area (Å²) in [6.07, 6.45) is 5.22. The lowest BCUT2D eigenvalue weighted by atomic mass is 10.0. The smallest absolute Gasteiger partial charge is 0.264 e. The maximum Gasteiger partial charge on any atom is 0.264 e. The number of nitrogens with one attached hydrogen (secondary N) is 2. The second kappa shape index (κ2) is 9.67. The van der Waals surface area contributed by atoms with Crippen LogP contribution < -0.4 is 19.7 Å². The van der Waals surface area contributed by atoms with Gasteiger partial charge >= 0.3 is 0 Å². The Hall–Kier alpha value is -3.83. The molecule has 0 atom stereocenters. The van der Waals surface area contributed by atoms with E-state index in [2.05, 4.69) is 24.9 Å². The van der Waals surface area contributed by atoms with Crippen LogP contribution in [-0.2, 0) is 10.0 Å². The Morgan fingerprint density at radius 3 is 2.56 bits per heavy atom. The van der Waals surface area contributed by atoms with Gasteiger partial charge < -0.3 is 15.0 Å². The minimum atomic E-state index is -4.38. The molecular formula is C25H23F2N5O3S. The Balaban J connectivity index is 1.54. The van der Waals surface area contributed by atoms with E-state index >= 15 is 0 Å². The van der Waals surface area contributed by atoms with Crippen LogP contribution in [0, 0.1) is 11.6 Å². The highest BCUT2D eigenvalue weighted by Gasteiger charge is 2.22. The molecule has 36 heavy (non-hydrogen) atoms. The number of piperazine rings is 1. The highest BCUT2D eigenvalue weighted by atomic mass is 32.2. The second-order valence-electron chi connectivity index (χ2n) is 8.29. The van der Waals surface area contributed by atoms with Crippen LogP contribution in [0.1, 0.15) is 0 Å². The van der Waals surface area contributed by atoms with Gasteiger partial charge in [-0.1, -0.05) is 12.1 Å². The number of benzene rings is 2. The molecule has 0 aliphatic carbocycles. The van der Waals surface area contributed by atoms with E-state index < -0.39 is 26.6 Å². The largest absolute Gasteiger partial charge is 0.480 e. The number of halogens is 2. The van der Waals surface area contributed by atoms with Gasteiger partial charge in [0.1, 0.15) is 22.2 Å². The van der Waals surface area contributed by atoms with E-state index in [0.29, 0.717) is 11.6 Å². The first-order valence-corrected chi connectivity index (χ1v) is 12.7. The Labute approximate surface area is 207 Å². The van der Waals surface area contributed by atoms with Gasteiger partial charge in [-0.3, -0.25) is 9.71 Å². The molecule has 8 nitrogen and oxygen atoms in total.